The van der Waals surface area contributed by atoms with E-state index in [1.807, 2.05) is 10.8 Å². The molecule has 0 N–H and O–H groups in total. The molecule has 0 bridgehead atoms. The van der Waals surface area contributed by atoms with Gasteiger partial charge in [0.2, 0.25) is 0 Å². The van der Waals surface area contributed by atoms with Crippen molar-refractivity contribution in [1.82, 2.24) is 14.5 Å². The molecular formula is C16H17N3. The normalized spacial score (nSPS) is 11.0. The highest BCUT2D eigenvalue weighted by Gasteiger charge is 2.07. The monoisotopic (exact) mass is 251 g/mol. The third-order valence-corrected chi connectivity index (χ3v) is 3.31. The Bertz CT molecular complexity index is 672. The van der Waals surface area contributed by atoms with E-state index in [1.165, 1.54) is 23.6 Å². The number of hydrogen-bond acceptors (Lipinski definition) is 2. The van der Waals surface area contributed by atoms with Crippen molar-refractivity contribution >= 4 is 10.8 Å². The summed E-state index contributed by atoms with van der Waals surface area (Å²) in [7, 11) is 0. The molecule has 3 nitrogen and oxygen atoms in total. The zero-order valence-electron chi connectivity index (χ0n) is 11.1. The minimum absolute atomic E-state index is 0.974. The molecule has 0 saturated carbocycles. The molecule has 0 unspecified atom stereocenters. The summed E-state index contributed by atoms with van der Waals surface area (Å²) in [4.78, 5) is 8.92. The molecule has 3 heteroatoms. The maximum Gasteiger partial charge on any atom is 0.146 e. The molecule has 2 heterocycles. The molecule has 0 atom stereocenters. The number of unbranched alkanes of at least 4 members (excludes halogenated alkanes) is 1. The molecule has 0 aliphatic carbocycles. The molecule has 0 amide bonds. The molecule has 2 aromatic heterocycles. The van der Waals surface area contributed by atoms with Crippen LogP contribution in [0.25, 0.3) is 16.6 Å². The summed E-state index contributed by atoms with van der Waals surface area (Å²) in [6.07, 6.45) is 8.93. The van der Waals surface area contributed by atoms with Crippen LogP contribution in [0.5, 0.6) is 0 Å². The zero-order valence-corrected chi connectivity index (χ0v) is 11.1. The average molecular weight is 251 g/mol. The Labute approximate surface area is 112 Å². The standard InChI is InChI=1S/C16H17N3/c1-2-3-7-14-11-13-6-4-5-8-15(13)16(18-14)19-10-9-17-12-19/h4-6,8-12H,2-3,7H2,1H3. The number of nitrogens with zero attached hydrogens (tertiary/aromatic N) is 3. The van der Waals surface area contributed by atoms with Crippen LogP contribution in [0.2, 0.25) is 0 Å². The van der Waals surface area contributed by atoms with Gasteiger partial charge in [0.15, 0.2) is 0 Å². The van der Waals surface area contributed by atoms with Gasteiger partial charge in [-0.15, -0.1) is 0 Å². The molecule has 1 aromatic carbocycles. The maximum atomic E-state index is 4.80. The lowest BCUT2D eigenvalue weighted by Crippen LogP contribution is -2.00. The van der Waals surface area contributed by atoms with Crippen molar-refractivity contribution in [3.05, 3.63) is 54.7 Å². The van der Waals surface area contributed by atoms with E-state index in [1.54, 1.807) is 12.5 Å². The molecule has 3 aromatic rings. The summed E-state index contributed by atoms with van der Waals surface area (Å²) in [5, 5.41) is 2.41. The quantitative estimate of drug-likeness (QED) is 0.706. The van der Waals surface area contributed by atoms with Gasteiger partial charge in [-0.1, -0.05) is 37.6 Å². The van der Waals surface area contributed by atoms with Gasteiger partial charge in [-0.25, -0.2) is 9.97 Å². The Balaban J connectivity index is 2.17. The minimum Gasteiger partial charge on any atom is -0.290 e. The first-order valence-electron chi connectivity index (χ1n) is 6.75. The average Bonchev–Trinajstić information content (AvgIpc) is 2.98. The fraction of sp³-hybridized carbons (Fsp3) is 0.250. The van der Waals surface area contributed by atoms with E-state index in [9.17, 15) is 0 Å². The van der Waals surface area contributed by atoms with Crippen molar-refractivity contribution in [3.8, 4) is 5.82 Å². The number of rotatable bonds is 4. The van der Waals surface area contributed by atoms with Crippen molar-refractivity contribution in [2.75, 3.05) is 0 Å². The second-order valence-corrected chi connectivity index (χ2v) is 4.73. The fourth-order valence-electron chi connectivity index (χ4n) is 2.30. The highest BCUT2D eigenvalue weighted by molar-refractivity contribution is 5.88. The van der Waals surface area contributed by atoms with E-state index in [0.29, 0.717) is 0 Å². The van der Waals surface area contributed by atoms with Crippen LogP contribution >= 0.6 is 0 Å². The van der Waals surface area contributed by atoms with E-state index in [2.05, 4.69) is 42.2 Å². The van der Waals surface area contributed by atoms with E-state index < -0.39 is 0 Å². The predicted octanol–water partition coefficient (Wildman–Crippen LogP) is 3.76. The van der Waals surface area contributed by atoms with Gasteiger partial charge >= 0.3 is 0 Å². The van der Waals surface area contributed by atoms with Gasteiger partial charge in [0, 0.05) is 23.5 Å². The van der Waals surface area contributed by atoms with Crippen LogP contribution in [0.3, 0.4) is 0 Å². The second kappa shape index (κ2) is 5.22. The molecular weight excluding hydrogens is 234 g/mol. The lowest BCUT2D eigenvalue weighted by atomic mass is 10.1. The van der Waals surface area contributed by atoms with Crippen LogP contribution in [0.1, 0.15) is 25.5 Å². The summed E-state index contributed by atoms with van der Waals surface area (Å²) >= 11 is 0. The third-order valence-electron chi connectivity index (χ3n) is 3.31. The van der Waals surface area contributed by atoms with Gasteiger partial charge in [0.05, 0.1) is 0 Å². The number of fused-ring (bicyclic) bond motifs is 1. The highest BCUT2D eigenvalue weighted by atomic mass is 15.1. The Kier molecular flexibility index (Phi) is 3.27. The summed E-state index contributed by atoms with van der Waals surface area (Å²) in [5.74, 6) is 0.974. The van der Waals surface area contributed by atoms with Gasteiger partial charge in [-0.05, 0) is 24.3 Å². The summed E-state index contributed by atoms with van der Waals surface area (Å²) in [5.41, 5.74) is 1.16. The van der Waals surface area contributed by atoms with Gasteiger partial charge in [0.1, 0.15) is 12.1 Å². The first kappa shape index (κ1) is 11.9. The molecule has 0 fully saturated rings. The number of aryl methyl sites for hydroxylation is 1. The number of pyridine rings is 1. The summed E-state index contributed by atoms with van der Waals surface area (Å²) in [6.45, 7) is 2.21. The largest absolute Gasteiger partial charge is 0.290 e. The number of benzene rings is 1. The molecule has 0 radical (unpaired) electrons. The minimum atomic E-state index is 0.974. The SMILES string of the molecule is CCCCc1cc2ccccc2c(-n2ccnc2)n1. The van der Waals surface area contributed by atoms with E-state index >= 15 is 0 Å². The smallest absolute Gasteiger partial charge is 0.146 e. The lowest BCUT2D eigenvalue weighted by molar-refractivity contribution is 0.774. The van der Waals surface area contributed by atoms with Gasteiger partial charge in [0.25, 0.3) is 0 Å². The molecule has 19 heavy (non-hydrogen) atoms. The molecule has 0 saturated heterocycles. The predicted molar refractivity (Wildman–Crippen MR) is 77.5 cm³/mol. The third kappa shape index (κ3) is 2.36. The van der Waals surface area contributed by atoms with Crippen LogP contribution in [0.4, 0.5) is 0 Å². The molecule has 0 spiro atoms. The number of imidazole rings is 1. The topological polar surface area (TPSA) is 30.7 Å². The van der Waals surface area contributed by atoms with Crippen molar-refractivity contribution in [3.63, 3.8) is 0 Å². The second-order valence-electron chi connectivity index (χ2n) is 4.73. The highest BCUT2D eigenvalue weighted by Crippen LogP contribution is 2.22. The lowest BCUT2D eigenvalue weighted by Gasteiger charge is -2.09. The Morgan fingerprint density at radius 3 is 2.89 bits per heavy atom. The molecule has 3 rings (SSSR count). The van der Waals surface area contributed by atoms with Crippen LogP contribution in [0, 0.1) is 0 Å². The van der Waals surface area contributed by atoms with Crippen LogP contribution in [0.15, 0.2) is 49.1 Å². The Morgan fingerprint density at radius 1 is 1.21 bits per heavy atom. The summed E-state index contributed by atoms with van der Waals surface area (Å²) in [6, 6.07) is 10.6. The van der Waals surface area contributed by atoms with Crippen LogP contribution < -0.4 is 0 Å². The van der Waals surface area contributed by atoms with E-state index in [-0.39, 0.29) is 0 Å². The van der Waals surface area contributed by atoms with Gasteiger partial charge < -0.3 is 0 Å². The fourth-order valence-corrected chi connectivity index (χ4v) is 2.30. The molecule has 96 valence electrons. The maximum absolute atomic E-state index is 4.80. The van der Waals surface area contributed by atoms with Crippen molar-refractivity contribution in [2.24, 2.45) is 0 Å². The Morgan fingerprint density at radius 2 is 2.11 bits per heavy atom. The number of aromatic nitrogens is 3. The van der Waals surface area contributed by atoms with Crippen molar-refractivity contribution in [2.45, 2.75) is 26.2 Å². The van der Waals surface area contributed by atoms with Crippen LogP contribution in [-0.4, -0.2) is 14.5 Å². The molecule has 0 aliphatic heterocycles. The van der Waals surface area contributed by atoms with Crippen LogP contribution in [-0.2, 0) is 6.42 Å². The van der Waals surface area contributed by atoms with Crippen molar-refractivity contribution < 1.29 is 0 Å². The van der Waals surface area contributed by atoms with E-state index in [4.69, 9.17) is 4.98 Å². The van der Waals surface area contributed by atoms with Crippen molar-refractivity contribution in [1.29, 1.82) is 0 Å². The van der Waals surface area contributed by atoms with Gasteiger partial charge in [-0.3, -0.25) is 4.57 Å². The first-order valence-corrected chi connectivity index (χ1v) is 6.75. The van der Waals surface area contributed by atoms with Gasteiger partial charge in [-0.2, -0.15) is 0 Å². The molecule has 0 aliphatic rings. The first-order chi connectivity index (χ1) is 9.38. The zero-order chi connectivity index (χ0) is 13.1. The summed E-state index contributed by atoms with van der Waals surface area (Å²) < 4.78 is 1.98. The Hall–Kier alpha value is -2.16. The number of hydrogen-bond donors (Lipinski definition) is 0. The van der Waals surface area contributed by atoms with E-state index in [0.717, 1.165) is 17.9 Å².